The van der Waals surface area contributed by atoms with Crippen LogP contribution in [0.3, 0.4) is 0 Å². The van der Waals surface area contributed by atoms with Crippen molar-refractivity contribution in [3.63, 3.8) is 0 Å². The van der Waals surface area contributed by atoms with Gasteiger partial charge in [-0.1, -0.05) is 35.9 Å². The molecule has 0 bridgehead atoms. The minimum atomic E-state index is -0.475. The third-order valence-corrected chi connectivity index (χ3v) is 5.02. The van der Waals surface area contributed by atoms with Crippen LogP contribution in [0, 0.1) is 13.8 Å². The quantitative estimate of drug-likeness (QED) is 0.912. The third kappa shape index (κ3) is 3.85. The van der Waals surface area contributed by atoms with Gasteiger partial charge in [0, 0.05) is 17.3 Å². The average Bonchev–Trinajstić information content (AvgIpc) is 2.93. The highest BCUT2D eigenvalue weighted by atomic mass is 35.5. The number of anilines is 1. The topological polar surface area (TPSA) is 49.4 Å². The molecule has 1 heterocycles. The Hall–Kier alpha value is -2.33. The van der Waals surface area contributed by atoms with E-state index in [0.717, 1.165) is 16.8 Å². The Morgan fingerprint density at radius 2 is 1.96 bits per heavy atom. The maximum absolute atomic E-state index is 12.6. The van der Waals surface area contributed by atoms with Crippen molar-refractivity contribution in [1.82, 2.24) is 5.32 Å². The van der Waals surface area contributed by atoms with Crippen LogP contribution in [-0.4, -0.2) is 24.4 Å². The average molecular weight is 357 g/mol. The van der Waals surface area contributed by atoms with Crippen molar-refractivity contribution in [2.45, 2.75) is 32.7 Å². The molecule has 2 aromatic carbocycles. The fraction of sp³-hybridized carbons (Fsp3) is 0.300. The first kappa shape index (κ1) is 17.5. The van der Waals surface area contributed by atoms with Crippen molar-refractivity contribution in [3.8, 4) is 0 Å². The van der Waals surface area contributed by atoms with Crippen molar-refractivity contribution < 1.29 is 9.59 Å². The predicted molar refractivity (Wildman–Crippen MR) is 100.0 cm³/mol. The normalized spacial score (nSPS) is 17.0. The third-order valence-electron chi connectivity index (χ3n) is 4.65. The summed E-state index contributed by atoms with van der Waals surface area (Å²) in [6.45, 7) is 4.68. The Labute approximate surface area is 152 Å². The summed E-state index contributed by atoms with van der Waals surface area (Å²) in [5.74, 6) is -0.246. The van der Waals surface area contributed by atoms with Gasteiger partial charge in [-0.2, -0.15) is 0 Å². The lowest BCUT2D eigenvalue weighted by atomic mass is 10.1. The summed E-state index contributed by atoms with van der Waals surface area (Å²) in [5, 5.41) is 3.40. The van der Waals surface area contributed by atoms with Crippen molar-refractivity contribution in [1.29, 1.82) is 0 Å². The van der Waals surface area contributed by atoms with Gasteiger partial charge in [-0.3, -0.25) is 9.59 Å². The summed E-state index contributed by atoms with van der Waals surface area (Å²) in [5.41, 5.74) is 3.99. The van der Waals surface area contributed by atoms with E-state index in [-0.39, 0.29) is 18.2 Å². The first-order valence-corrected chi connectivity index (χ1v) is 8.75. The Morgan fingerprint density at radius 3 is 2.68 bits per heavy atom. The van der Waals surface area contributed by atoms with Crippen LogP contribution in [-0.2, 0) is 16.0 Å². The number of benzene rings is 2. The van der Waals surface area contributed by atoms with Gasteiger partial charge in [0.1, 0.15) is 6.04 Å². The molecule has 1 atom stereocenters. The van der Waals surface area contributed by atoms with E-state index >= 15 is 0 Å². The van der Waals surface area contributed by atoms with Crippen LogP contribution in [0.2, 0.25) is 5.02 Å². The molecule has 0 radical (unpaired) electrons. The number of amides is 2. The van der Waals surface area contributed by atoms with Gasteiger partial charge in [0.05, 0.1) is 6.42 Å². The molecule has 0 unspecified atom stereocenters. The minimum Gasteiger partial charge on any atom is -0.344 e. The van der Waals surface area contributed by atoms with Gasteiger partial charge in [-0.15, -0.1) is 0 Å². The zero-order chi connectivity index (χ0) is 18.0. The monoisotopic (exact) mass is 356 g/mol. The number of rotatable bonds is 4. The first-order valence-electron chi connectivity index (χ1n) is 8.37. The van der Waals surface area contributed by atoms with Crippen LogP contribution in [0.15, 0.2) is 42.5 Å². The molecule has 130 valence electrons. The number of hydrogen-bond donors (Lipinski definition) is 1. The lowest BCUT2D eigenvalue weighted by Crippen LogP contribution is -2.42. The van der Waals surface area contributed by atoms with Crippen LogP contribution in [0.5, 0.6) is 0 Å². The van der Waals surface area contributed by atoms with Crippen molar-refractivity contribution in [2.24, 2.45) is 0 Å². The molecule has 1 N–H and O–H groups in total. The molecule has 2 aromatic rings. The Kier molecular flexibility index (Phi) is 5.09. The van der Waals surface area contributed by atoms with Crippen molar-refractivity contribution in [2.75, 3.05) is 11.4 Å². The maximum Gasteiger partial charge on any atom is 0.249 e. The number of carbonyl (C=O) groups is 2. The molecule has 0 spiro atoms. The summed E-state index contributed by atoms with van der Waals surface area (Å²) in [4.78, 5) is 26.7. The van der Waals surface area contributed by atoms with E-state index in [2.05, 4.69) is 5.32 Å². The van der Waals surface area contributed by atoms with Crippen LogP contribution in [0.25, 0.3) is 0 Å². The van der Waals surface area contributed by atoms with Crippen LogP contribution in [0.1, 0.15) is 23.1 Å². The van der Waals surface area contributed by atoms with Gasteiger partial charge in [0.25, 0.3) is 0 Å². The Morgan fingerprint density at radius 1 is 1.20 bits per heavy atom. The molecule has 2 amide bonds. The van der Waals surface area contributed by atoms with Gasteiger partial charge in [0.2, 0.25) is 11.8 Å². The van der Waals surface area contributed by atoms with Crippen molar-refractivity contribution >= 4 is 29.1 Å². The second kappa shape index (κ2) is 7.28. The summed E-state index contributed by atoms with van der Waals surface area (Å²) < 4.78 is 0. The van der Waals surface area contributed by atoms with Gasteiger partial charge in [0.15, 0.2) is 0 Å². The Balaban J connectivity index is 1.65. The van der Waals surface area contributed by atoms with Gasteiger partial charge in [-0.25, -0.2) is 0 Å². The van der Waals surface area contributed by atoms with Gasteiger partial charge < -0.3 is 10.2 Å². The largest absolute Gasteiger partial charge is 0.344 e. The molecule has 1 aliphatic heterocycles. The molecule has 5 heteroatoms. The number of nitrogens with zero attached hydrogens (tertiary/aromatic N) is 1. The number of nitrogens with one attached hydrogen (secondary N) is 1. The molecule has 0 saturated carbocycles. The molecular formula is C20H21ClN2O2. The van der Waals surface area contributed by atoms with E-state index < -0.39 is 6.04 Å². The van der Waals surface area contributed by atoms with Gasteiger partial charge in [-0.05, 0) is 55.2 Å². The van der Waals surface area contributed by atoms with Crippen LogP contribution >= 0.6 is 11.6 Å². The smallest absolute Gasteiger partial charge is 0.249 e. The van der Waals surface area contributed by atoms with E-state index in [9.17, 15) is 9.59 Å². The maximum atomic E-state index is 12.6. The molecule has 1 aliphatic rings. The predicted octanol–water partition coefficient (Wildman–Crippen LogP) is 3.42. The van der Waals surface area contributed by atoms with E-state index in [1.165, 1.54) is 5.56 Å². The Bertz CT molecular complexity index is 819. The fourth-order valence-corrected chi connectivity index (χ4v) is 3.23. The second-order valence-corrected chi connectivity index (χ2v) is 6.84. The highest BCUT2D eigenvalue weighted by Crippen LogP contribution is 2.24. The molecule has 1 saturated heterocycles. The summed E-state index contributed by atoms with van der Waals surface area (Å²) in [6.07, 6.45) is 0.785. The highest BCUT2D eigenvalue weighted by molar-refractivity contribution is 6.31. The first-order chi connectivity index (χ1) is 12.0. The standard InChI is InChI=1S/C20H21ClN2O2/c1-13-7-8-16(11-14(13)2)23-10-9-18(20(23)25)22-19(24)12-15-5-3-4-6-17(15)21/h3-8,11,18H,9-10,12H2,1-2H3,(H,22,24)/t18-/m0/s1. The summed E-state index contributed by atoms with van der Waals surface area (Å²) >= 11 is 6.09. The summed E-state index contributed by atoms with van der Waals surface area (Å²) in [7, 11) is 0. The molecule has 3 rings (SSSR count). The zero-order valence-corrected chi connectivity index (χ0v) is 15.1. The zero-order valence-electron chi connectivity index (χ0n) is 14.4. The second-order valence-electron chi connectivity index (χ2n) is 6.44. The summed E-state index contributed by atoms with van der Waals surface area (Å²) in [6, 6.07) is 12.8. The van der Waals surface area contributed by atoms with E-state index in [1.807, 2.05) is 50.2 Å². The van der Waals surface area contributed by atoms with Crippen LogP contribution in [0.4, 0.5) is 5.69 Å². The number of carbonyl (C=O) groups excluding carboxylic acids is 2. The van der Waals surface area contributed by atoms with Crippen LogP contribution < -0.4 is 10.2 Å². The molecule has 0 aromatic heterocycles. The molecule has 25 heavy (non-hydrogen) atoms. The van der Waals surface area contributed by atoms with E-state index in [0.29, 0.717) is 18.0 Å². The van der Waals surface area contributed by atoms with E-state index in [4.69, 9.17) is 11.6 Å². The lowest BCUT2D eigenvalue weighted by molar-refractivity contribution is -0.126. The number of aryl methyl sites for hydroxylation is 2. The SMILES string of the molecule is Cc1ccc(N2CC[C@H](NC(=O)Cc3ccccc3Cl)C2=O)cc1C. The fourth-order valence-electron chi connectivity index (χ4n) is 3.02. The molecule has 1 fully saturated rings. The minimum absolute atomic E-state index is 0.0595. The number of hydrogen-bond acceptors (Lipinski definition) is 2. The molecule has 0 aliphatic carbocycles. The van der Waals surface area contributed by atoms with E-state index in [1.54, 1.807) is 11.0 Å². The highest BCUT2D eigenvalue weighted by Gasteiger charge is 2.33. The van der Waals surface area contributed by atoms with Gasteiger partial charge >= 0.3 is 0 Å². The lowest BCUT2D eigenvalue weighted by Gasteiger charge is -2.18. The molecular weight excluding hydrogens is 336 g/mol. The van der Waals surface area contributed by atoms with Crippen molar-refractivity contribution in [3.05, 3.63) is 64.2 Å². The molecule has 4 nitrogen and oxygen atoms in total. The number of halogens is 1.